The van der Waals surface area contributed by atoms with Gasteiger partial charge in [-0.3, -0.25) is 4.79 Å². The zero-order chi connectivity index (χ0) is 17.7. The van der Waals surface area contributed by atoms with E-state index in [0.717, 1.165) is 15.6 Å². The molecule has 0 fully saturated rings. The fraction of sp³-hybridized carbons (Fsp3) is 0.316. The number of hydrogen-bond acceptors (Lipinski definition) is 3. The maximum Gasteiger partial charge on any atom is 0.244 e. The van der Waals surface area contributed by atoms with Crippen molar-refractivity contribution in [3.05, 3.63) is 70.2 Å². The Hall–Kier alpha value is -1.11. The van der Waals surface area contributed by atoms with E-state index in [-0.39, 0.29) is 36.8 Å². The quantitative estimate of drug-likeness (QED) is 0.684. The monoisotopic (exact) mass is 461 g/mol. The van der Waals surface area contributed by atoms with E-state index in [2.05, 4.69) is 38.3 Å². The number of benzene rings is 2. The summed E-state index contributed by atoms with van der Waals surface area (Å²) in [5.74, 6) is -0.187. The summed E-state index contributed by atoms with van der Waals surface area (Å²) in [7, 11) is 4.00. The summed E-state index contributed by atoms with van der Waals surface area (Å²) in [6.45, 7) is 2.23. The SMILES string of the molecule is CN(C)C(CNC(=O)C(C)(N)c1ccc(Br)cc1)c1ccccc1.Cl.Cl. The molecule has 1 amide bonds. The molecule has 2 rings (SSSR count). The second-order valence-electron chi connectivity index (χ2n) is 6.31. The molecule has 0 bridgehead atoms. The normalized spacial score (nSPS) is 13.8. The van der Waals surface area contributed by atoms with Crippen LogP contribution in [0.15, 0.2) is 59.1 Å². The predicted molar refractivity (Wildman–Crippen MR) is 116 cm³/mol. The maximum absolute atomic E-state index is 12.6. The Morgan fingerprint density at radius 3 is 2.15 bits per heavy atom. The van der Waals surface area contributed by atoms with E-state index in [9.17, 15) is 4.79 Å². The third kappa shape index (κ3) is 6.25. The molecule has 0 aliphatic heterocycles. The predicted octanol–water partition coefficient (Wildman–Crippen LogP) is 3.89. The van der Waals surface area contributed by atoms with Crippen molar-refractivity contribution >= 4 is 46.7 Å². The molecule has 7 heteroatoms. The van der Waals surface area contributed by atoms with Gasteiger partial charge in [-0.05, 0) is 44.3 Å². The van der Waals surface area contributed by atoms with Gasteiger partial charge in [0.1, 0.15) is 5.54 Å². The molecule has 0 radical (unpaired) electrons. The average Bonchev–Trinajstić information content (AvgIpc) is 2.56. The molecule has 0 aromatic heterocycles. The number of rotatable bonds is 6. The van der Waals surface area contributed by atoms with Crippen molar-refractivity contribution in [1.82, 2.24) is 10.2 Å². The lowest BCUT2D eigenvalue weighted by molar-refractivity contribution is -0.126. The summed E-state index contributed by atoms with van der Waals surface area (Å²) in [5.41, 5.74) is 7.16. The van der Waals surface area contributed by atoms with Gasteiger partial charge in [0, 0.05) is 11.0 Å². The average molecular weight is 463 g/mol. The number of nitrogens with one attached hydrogen (secondary N) is 1. The van der Waals surface area contributed by atoms with Gasteiger partial charge in [0.2, 0.25) is 5.91 Å². The fourth-order valence-electron chi connectivity index (χ4n) is 2.57. The highest BCUT2D eigenvalue weighted by atomic mass is 79.9. The van der Waals surface area contributed by atoms with Crippen molar-refractivity contribution in [2.45, 2.75) is 18.5 Å². The van der Waals surface area contributed by atoms with Gasteiger partial charge in [-0.1, -0.05) is 58.4 Å². The summed E-state index contributed by atoms with van der Waals surface area (Å²) in [6, 6.07) is 17.7. The van der Waals surface area contributed by atoms with Crippen LogP contribution in [-0.2, 0) is 10.3 Å². The Kier molecular flexibility index (Phi) is 10.4. The topological polar surface area (TPSA) is 58.4 Å². The molecule has 0 aliphatic carbocycles. The Balaban J connectivity index is 0.00000312. The number of carbonyl (C=O) groups is 1. The summed E-state index contributed by atoms with van der Waals surface area (Å²) in [6.07, 6.45) is 0. The minimum Gasteiger partial charge on any atom is -0.352 e. The minimum atomic E-state index is -1.08. The first-order chi connectivity index (χ1) is 11.3. The lowest BCUT2D eigenvalue weighted by Crippen LogP contribution is -2.50. The first-order valence-corrected chi connectivity index (χ1v) is 8.66. The lowest BCUT2D eigenvalue weighted by Gasteiger charge is -2.29. The number of likely N-dealkylation sites (N-methyl/N-ethyl adjacent to an activating group) is 1. The molecule has 0 saturated heterocycles. The first kappa shape index (κ1) is 24.9. The van der Waals surface area contributed by atoms with Crippen molar-refractivity contribution in [3.63, 3.8) is 0 Å². The zero-order valence-corrected chi connectivity index (χ0v) is 18.3. The van der Waals surface area contributed by atoms with Crippen molar-refractivity contribution < 1.29 is 4.79 Å². The highest BCUT2D eigenvalue weighted by Gasteiger charge is 2.31. The third-order valence-corrected chi connectivity index (χ3v) is 4.71. The van der Waals surface area contributed by atoms with Gasteiger partial charge in [-0.25, -0.2) is 0 Å². The Morgan fingerprint density at radius 2 is 1.65 bits per heavy atom. The van der Waals surface area contributed by atoms with Crippen LogP contribution in [0.4, 0.5) is 0 Å². The summed E-state index contributed by atoms with van der Waals surface area (Å²) in [4.78, 5) is 14.7. The summed E-state index contributed by atoms with van der Waals surface area (Å²) < 4.78 is 0.958. The first-order valence-electron chi connectivity index (χ1n) is 7.87. The van der Waals surface area contributed by atoms with Gasteiger partial charge in [0.05, 0.1) is 6.04 Å². The molecule has 0 saturated carbocycles. The van der Waals surface area contributed by atoms with Gasteiger partial charge in [0.25, 0.3) is 0 Å². The van der Waals surface area contributed by atoms with E-state index in [0.29, 0.717) is 6.54 Å². The molecule has 0 spiro atoms. The number of halogens is 3. The largest absolute Gasteiger partial charge is 0.352 e. The molecule has 2 unspecified atom stereocenters. The third-order valence-electron chi connectivity index (χ3n) is 4.18. The summed E-state index contributed by atoms with van der Waals surface area (Å²) in [5, 5.41) is 3.00. The van der Waals surface area contributed by atoms with E-state index < -0.39 is 5.54 Å². The van der Waals surface area contributed by atoms with Crippen molar-refractivity contribution in [3.8, 4) is 0 Å². The number of amides is 1. The van der Waals surface area contributed by atoms with E-state index in [1.807, 2.05) is 56.6 Å². The van der Waals surface area contributed by atoms with Gasteiger partial charge in [-0.15, -0.1) is 24.8 Å². The second kappa shape index (κ2) is 10.9. The van der Waals surface area contributed by atoms with Crippen LogP contribution < -0.4 is 11.1 Å². The van der Waals surface area contributed by atoms with Crippen LogP contribution >= 0.6 is 40.7 Å². The van der Waals surface area contributed by atoms with Crippen molar-refractivity contribution in [2.75, 3.05) is 20.6 Å². The molecule has 26 heavy (non-hydrogen) atoms. The van der Waals surface area contributed by atoms with Crippen LogP contribution in [0.3, 0.4) is 0 Å². The van der Waals surface area contributed by atoms with E-state index in [1.165, 1.54) is 0 Å². The van der Waals surface area contributed by atoms with Crippen LogP contribution in [0.2, 0.25) is 0 Å². The summed E-state index contributed by atoms with van der Waals surface area (Å²) >= 11 is 3.39. The molecule has 0 heterocycles. The van der Waals surface area contributed by atoms with E-state index in [1.54, 1.807) is 6.92 Å². The zero-order valence-electron chi connectivity index (χ0n) is 15.1. The molecular formula is C19H26BrCl2N3O. The molecule has 2 aromatic rings. The van der Waals surface area contributed by atoms with Crippen LogP contribution in [-0.4, -0.2) is 31.4 Å². The molecular weight excluding hydrogens is 437 g/mol. The smallest absolute Gasteiger partial charge is 0.244 e. The Morgan fingerprint density at radius 1 is 1.12 bits per heavy atom. The fourth-order valence-corrected chi connectivity index (χ4v) is 2.84. The molecule has 2 aromatic carbocycles. The number of nitrogens with two attached hydrogens (primary N) is 1. The maximum atomic E-state index is 12.6. The molecule has 3 N–H and O–H groups in total. The lowest BCUT2D eigenvalue weighted by atomic mass is 9.92. The molecule has 4 nitrogen and oxygen atoms in total. The number of nitrogens with zero attached hydrogens (tertiary/aromatic N) is 1. The molecule has 0 aliphatic rings. The minimum absolute atomic E-state index is 0. The van der Waals surface area contributed by atoms with Crippen LogP contribution in [0.1, 0.15) is 24.1 Å². The van der Waals surface area contributed by atoms with E-state index in [4.69, 9.17) is 5.73 Å². The Labute approximate surface area is 176 Å². The van der Waals surface area contributed by atoms with E-state index >= 15 is 0 Å². The highest BCUT2D eigenvalue weighted by Crippen LogP contribution is 2.22. The van der Waals surface area contributed by atoms with Gasteiger partial charge >= 0.3 is 0 Å². The molecule has 144 valence electrons. The number of carbonyl (C=O) groups excluding carboxylic acids is 1. The standard InChI is InChI=1S/C19H24BrN3O.2ClH/c1-19(21,15-9-11-16(20)12-10-15)18(24)22-13-17(23(2)3)14-7-5-4-6-8-14;;/h4-12,17H,13,21H2,1-3H3,(H,22,24);2*1H. The van der Waals surface area contributed by atoms with Gasteiger partial charge < -0.3 is 16.0 Å². The highest BCUT2D eigenvalue weighted by molar-refractivity contribution is 9.10. The molecule has 2 atom stereocenters. The van der Waals surface area contributed by atoms with Crippen LogP contribution in [0.25, 0.3) is 0 Å². The van der Waals surface area contributed by atoms with Gasteiger partial charge in [-0.2, -0.15) is 0 Å². The van der Waals surface area contributed by atoms with Crippen LogP contribution in [0, 0.1) is 0 Å². The number of hydrogen-bond donors (Lipinski definition) is 2. The van der Waals surface area contributed by atoms with Crippen LogP contribution in [0.5, 0.6) is 0 Å². The second-order valence-corrected chi connectivity index (χ2v) is 7.23. The van der Waals surface area contributed by atoms with Gasteiger partial charge in [0.15, 0.2) is 0 Å². The Bertz CT molecular complexity index is 679. The van der Waals surface area contributed by atoms with Crippen molar-refractivity contribution in [2.24, 2.45) is 5.73 Å². The van der Waals surface area contributed by atoms with Crippen molar-refractivity contribution in [1.29, 1.82) is 0 Å².